The summed E-state index contributed by atoms with van der Waals surface area (Å²) < 4.78 is 28.2. The van der Waals surface area contributed by atoms with Crippen LogP contribution in [0, 0.1) is 28.1 Å². The van der Waals surface area contributed by atoms with E-state index in [1.54, 1.807) is 12.3 Å². The Bertz CT molecular complexity index is 1350. The van der Waals surface area contributed by atoms with Gasteiger partial charge in [-0.1, -0.05) is 20.8 Å². The molecule has 40 heavy (non-hydrogen) atoms. The Morgan fingerprint density at radius 1 is 1.18 bits per heavy atom. The highest BCUT2D eigenvalue weighted by Crippen LogP contribution is 2.80. The molecule has 1 aliphatic heterocycles. The minimum Gasteiger partial charge on any atom is -0.472 e. The normalized spacial score (nSPS) is 45.1. The molecule has 10 nitrogen and oxygen atoms in total. The highest BCUT2D eigenvalue weighted by molar-refractivity contribution is 6.08. The van der Waals surface area contributed by atoms with Crippen LogP contribution in [0.5, 0.6) is 0 Å². The molecule has 0 radical (unpaired) electrons. The van der Waals surface area contributed by atoms with Gasteiger partial charge in [-0.2, -0.15) is 0 Å². The van der Waals surface area contributed by atoms with Crippen molar-refractivity contribution in [2.45, 2.75) is 83.2 Å². The van der Waals surface area contributed by atoms with Crippen molar-refractivity contribution in [2.75, 3.05) is 14.2 Å². The summed E-state index contributed by atoms with van der Waals surface area (Å²) in [4.78, 5) is 53.2. The first-order chi connectivity index (χ1) is 18.8. The van der Waals surface area contributed by atoms with Gasteiger partial charge in [0.05, 0.1) is 26.1 Å². The topological polar surface area (TPSA) is 139 Å². The predicted octanol–water partition coefficient (Wildman–Crippen LogP) is 3.22. The molecule has 10 heteroatoms. The quantitative estimate of drug-likeness (QED) is 0.425. The summed E-state index contributed by atoms with van der Waals surface area (Å²) in [5.74, 6) is -3.00. The molecule has 3 saturated carbocycles. The zero-order valence-electron chi connectivity index (χ0n) is 23.7. The minimum atomic E-state index is -1.92. The van der Waals surface area contributed by atoms with E-state index in [0.29, 0.717) is 29.6 Å². The number of carbonyl (C=O) groups is 4. The van der Waals surface area contributed by atoms with Gasteiger partial charge >= 0.3 is 17.9 Å². The van der Waals surface area contributed by atoms with Gasteiger partial charge in [0.1, 0.15) is 17.8 Å². The molecule has 1 saturated heterocycles. The number of carbonyl (C=O) groups excluding carboxylic acids is 4. The number of ether oxygens (including phenoxy) is 4. The molecule has 1 aromatic heterocycles. The highest BCUT2D eigenvalue weighted by Gasteiger charge is 2.90. The van der Waals surface area contributed by atoms with Gasteiger partial charge in [0.15, 0.2) is 11.4 Å². The fraction of sp³-hybridized carbons (Fsp3) is 0.667. The number of furan rings is 1. The number of hydrogen-bond acceptors (Lipinski definition) is 10. The maximum atomic E-state index is 14.9. The van der Waals surface area contributed by atoms with Crippen LogP contribution in [0.15, 0.2) is 34.2 Å². The number of Topliss-reactive ketones (excluding diaryl/α,β-unsaturated/α-hetero) is 1. The molecule has 4 fully saturated rings. The van der Waals surface area contributed by atoms with E-state index in [1.807, 2.05) is 20.8 Å². The fourth-order valence-electron chi connectivity index (χ4n) is 9.86. The average Bonchev–Trinajstić information content (AvgIpc) is 3.54. The van der Waals surface area contributed by atoms with Gasteiger partial charge in [0, 0.05) is 47.8 Å². The van der Waals surface area contributed by atoms with Crippen LogP contribution >= 0.6 is 0 Å². The Morgan fingerprint density at radius 3 is 2.50 bits per heavy atom. The van der Waals surface area contributed by atoms with Crippen LogP contribution in [0.4, 0.5) is 0 Å². The molecule has 0 spiro atoms. The maximum Gasteiger partial charge on any atom is 0.310 e. The van der Waals surface area contributed by atoms with Gasteiger partial charge in [-0.3, -0.25) is 19.2 Å². The number of ketones is 1. The lowest BCUT2D eigenvalue weighted by molar-refractivity contribution is -0.279. The third kappa shape index (κ3) is 2.86. The summed E-state index contributed by atoms with van der Waals surface area (Å²) in [5, 5.41) is 12.7. The number of hydrogen-bond donors (Lipinski definition) is 1. The first-order valence-corrected chi connectivity index (χ1v) is 13.8. The van der Waals surface area contributed by atoms with Gasteiger partial charge in [0.25, 0.3) is 0 Å². The van der Waals surface area contributed by atoms with E-state index >= 15 is 0 Å². The Hall–Kier alpha value is -2.98. The van der Waals surface area contributed by atoms with Crippen LogP contribution in [-0.2, 0) is 38.1 Å². The average molecular weight is 557 g/mol. The number of cyclic esters (lactones) is 1. The zero-order valence-corrected chi connectivity index (χ0v) is 23.7. The second-order valence-electron chi connectivity index (χ2n) is 12.9. The molecule has 4 aliphatic carbocycles. The van der Waals surface area contributed by atoms with Gasteiger partial charge in [-0.05, 0) is 42.7 Å². The lowest BCUT2D eigenvalue weighted by Gasteiger charge is -2.66. The minimum absolute atomic E-state index is 0.0341. The fourth-order valence-corrected chi connectivity index (χ4v) is 9.86. The molecule has 9 atom stereocenters. The number of esters is 3. The van der Waals surface area contributed by atoms with E-state index in [-0.39, 0.29) is 19.3 Å². The van der Waals surface area contributed by atoms with Crippen molar-refractivity contribution in [1.29, 1.82) is 0 Å². The molecular formula is C30H36O10. The van der Waals surface area contributed by atoms with E-state index in [4.69, 9.17) is 23.4 Å². The lowest BCUT2D eigenvalue weighted by atomic mass is 9.41. The van der Waals surface area contributed by atoms with Gasteiger partial charge in [-0.25, -0.2) is 0 Å². The maximum absolute atomic E-state index is 14.9. The third-order valence-electron chi connectivity index (χ3n) is 11.5. The Morgan fingerprint density at radius 2 is 1.90 bits per heavy atom. The van der Waals surface area contributed by atoms with Gasteiger partial charge in [-0.15, -0.1) is 0 Å². The molecule has 6 rings (SSSR count). The summed E-state index contributed by atoms with van der Waals surface area (Å²) in [6.45, 7) is 7.01. The number of fused-ring (bicyclic) bond motifs is 4. The predicted molar refractivity (Wildman–Crippen MR) is 136 cm³/mol. The number of rotatable bonds is 5. The molecule has 216 valence electrons. The first kappa shape index (κ1) is 27.2. The van der Waals surface area contributed by atoms with Crippen molar-refractivity contribution in [3.05, 3.63) is 35.3 Å². The van der Waals surface area contributed by atoms with Crippen molar-refractivity contribution < 1.29 is 47.6 Å². The molecule has 2 bridgehead atoms. The molecule has 2 heterocycles. The van der Waals surface area contributed by atoms with Crippen LogP contribution in [0.25, 0.3) is 0 Å². The Balaban J connectivity index is 1.63. The number of methoxy groups -OCH3 is 2. The van der Waals surface area contributed by atoms with E-state index in [2.05, 4.69) is 0 Å². The molecule has 5 aliphatic rings. The lowest BCUT2D eigenvalue weighted by Crippen LogP contribution is -2.79. The molecule has 0 amide bonds. The monoisotopic (exact) mass is 556 g/mol. The molecule has 0 unspecified atom stereocenters. The van der Waals surface area contributed by atoms with Crippen molar-refractivity contribution in [3.63, 3.8) is 0 Å². The smallest absolute Gasteiger partial charge is 0.310 e. The summed E-state index contributed by atoms with van der Waals surface area (Å²) >= 11 is 0. The van der Waals surface area contributed by atoms with Crippen molar-refractivity contribution in [3.8, 4) is 0 Å². The molecule has 1 aromatic rings. The van der Waals surface area contributed by atoms with Crippen LogP contribution in [0.1, 0.15) is 71.5 Å². The summed E-state index contributed by atoms with van der Waals surface area (Å²) in [5.41, 5.74) is -4.62. The number of aliphatic hydroxyl groups is 1. The third-order valence-corrected chi connectivity index (χ3v) is 11.5. The van der Waals surface area contributed by atoms with Crippen molar-refractivity contribution >= 4 is 23.7 Å². The largest absolute Gasteiger partial charge is 0.472 e. The van der Waals surface area contributed by atoms with Crippen LogP contribution < -0.4 is 0 Å². The molecule has 0 aromatic carbocycles. The summed E-state index contributed by atoms with van der Waals surface area (Å²) in [6.07, 6.45) is 2.30. The highest BCUT2D eigenvalue weighted by atomic mass is 16.6. The van der Waals surface area contributed by atoms with E-state index < -0.39 is 75.2 Å². The summed E-state index contributed by atoms with van der Waals surface area (Å²) in [6, 6.07) is 1.75. The Labute approximate surface area is 232 Å². The molecule has 1 N–H and O–H groups in total. The first-order valence-electron chi connectivity index (χ1n) is 13.8. The van der Waals surface area contributed by atoms with Crippen LogP contribution in [0.2, 0.25) is 0 Å². The second kappa shape index (κ2) is 8.28. The van der Waals surface area contributed by atoms with Gasteiger partial charge in [0.2, 0.25) is 0 Å². The standard InChI is InChI=1S/C30H36O10/c1-15(31)39-25-27(3)14-29(35)28(4,19(27)12-20(32)36-5)17-7-9-26(2)18(22(17)23(34)30(25,29)37-6)11-21(33)40-24(26)16-8-10-38-13-16/h8,10,13,17,19,24-25,35H,7,9,11-12,14H2,1-6H3/t17-,19-,24-,25-,26+,27-,28+,29+,30+/m1/s1. The van der Waals surface area contributed by atoms with Gasteiger partial charge < -0.3 is 28.5 Å². The second-order valence-corrected chi connectivity index (χ2v) is 12.9. The van der Waals surface area contributed by atoms with Crippen LogP contribution in [-0.4, -0.2) is 60.3 Å². The van der Waals surface area contributed by atoms with Crippen LogP contribution in [0.3, 0.4) is 0 Å². The van der Waals surface area contributed by atoms with E-state index in [9.17, 15) is 24.3 Å². The van der Waals surface area contributed by atoms with Crippen molar-refractivity contribution in [1.82, 2.24) is 0 Å². The SMILES string of the molecule is COC(=O)C[C@@H]1[C@@]2(C)C[C@]3(O)[C@@]1(C)[C@@H]1CC[C@@]4(C)C(=C1C(=O)[C@]3(OC)[C@@H]2OC(C)=O)CC(=O)O[C@@H]4c1ccoc1. The summed E-state index contributed by atoms with van der Waals surface area (Å²) in [7, 11) is 2.66. The zero-order chi connectivity index (χ0) is 29.0. The molecular weight excluding hydrogens is 520 g/mol. The van der Waals surface area contributed by atoms with E-state index in [1.165, 1.54) is 27.4 Å². The van der Waals surface area contributed by atoms with E-state index in [0.717, 1.165) is 0 Å². The Kier molecular flexibility index (Phi) is 5.63. The van der Waals surface area contributed by atoms with Crippen molar-refractivity contribution in [2.24, 2.45) is 28.1 Å².